The van der Waals surface area contributed by atoms with Gasteiger partial charge in [0.25, 0.3) is 0 Å². The zero-order chi connectivity index (χ0) is 16.2. The standard InChI is InChI=1S/C18H20N4O.2H2/c1-4-5-12(2)15-7-6-14(10-13(15)3)21-18-20-11-16-17(22-18)19-8-9-23-16;;/h4-7,10-11H,2,8-9H2,1,3H3,(H2,19,20,21,22);2*1H/b5-4-;;. The van der Waals surface area contributed by atoms with Crippen molar-refractivity contribution in [1.82, 2.24) is 9.97 Å². The van der Waals surface area contributed by atoms with E-state index in [9.17, 15) is 0 Å². The van der Waals surface area contributed by atoms with Crippen LogP contribution in [0, 0.1) is 6.92 Å². The lowest BCUT2D eigenvalue weighted by Gasteiger charge is -2.18. The Kier molecular flexibility index (Phi) is 4.28. The van der Waals surface area contributed by atoms with Crippen LogP contribution in [0.3, 0.4) is 0 Å². The van der Waals surface area contributed by atoms with E-state index in [2.05, 4.69) is 46.2 Å². The molecule has 0 aliphatic carbocycles. The molecule has 0 bridgehead atoms. The van der Waals surface area contributed by atoms with Crippen LogP contribution in [0.1, 0.15) is 20.9 Å². The van der Waals surface area contributed by atoms with Crippen LogP contribution in [-0.2, 0) is 0 Å². The number of nitrogens with one attached hydrogen (secondary N) is 2. The Labute approximate surface area is 139 Å². The van der Waals surface area contributed by atoms with Crippen molar-refractivity contribution in [3.05, 3.63) is 54.3 Å². The third-order valence-corrected chi connectivity index (χ3v) is 3.60. The summed E-state index contributed by atoms with van der Waals surface area (Å²) < 4.78 is 5.48. The molecule has 2 aromatic rings. The number of anilines is 3. The summed E-state index contributed by atoms with van der Waals surface area (Å²) in [6.07, 6.45) is 5.68. The van der Waals surface area contributed by atoms with Gasteiger partial charge in [-0.05, 0) is 42.7 Å². The predicted octanol–water partition coefficient (Wildman–Crippen LogP) is 4.41. The molecular weight excluding hydrogens is 288 g/mol. The molecule has 2 heterocycles. The van der Waals surface area contributed by atoms with Crippen LogP contribution in [0.4, 0.5) is 17.5 Å². The van der Waals surface area contributed by atoms with Crippen molar-refractivity contribution in [2.45, 2.75) is 13.8 Å². The van der Waals surface area contributed by atoms with E-state index in [1.54, 1.807) is 6.20 Å². The van der Waals surface area contributed by atoms with Gasteiger partial charge in [-0.15, -0.1) is 0 Å². The SMILES string of the molecule is C=C(/C=C\C)c1ccc(Nc2ncc3c(n2)NCCO3)cc1C.[HH].[HH]. The summed E-state index contributed by atoms with van der Waals surface area (Å²) in [4.78, 5) is 8.73. The van der Waals surface area contributed by atoms with Crippen LogP contribution in [0.2, 0.25) is 0 Å². The van der Waals surface area contributed by atoms with Gasteiger partial charge in [-0.3, -0.25) is 0 Å². The summed E-state index contributed by atoms with van der Waals surface area (Å²) in [5.41, 5.74) is 4.23. The minimum absolute atomic E-state index is 0. The molecule has 0 spiro atoms. The zero-order valence-corrected chi connectivity index (χ0v) is 13.4. The van der Waals surface area contributed by atoms with Crippen molar-refractivity contribution in [2.24, 2.45) is 0 Å². The van der Waals surface area contributed by atoms with E-state index < -0.39 is 0 Å². The van der Waals surface area contributed by atoms with Gasteiger partial charge >= 0.3 is 0 Å². The Hall–Kier alpha value is -2.82. The Balaban J connectivity index is 0.00000156. The summed E-state index contributed by atoms with van der Waals surface area (Å²) in [5, 5.41) is 6.43. The van der Waals surface area contributed by atoms with Gasteiger partial charge in [0.15, 0.2) is 11.6 Å². The summed E-state index contributed by atoms with van der Waals surface area (Å²) in [5.74, 6) is 1.96. The average Bonchev–Trinajstić information content (AvgIpc) is 2.55. The molecule has 5 nitrogen and oxygen atoms in total. The summed E-state index contributed by atoms with van der Waals surface area (Å²) in [6.45, 7) is 9.53. The second-order valence-electron chi connectivity index (χ2n) is 5.36. The molecule has 0 atom stereocenters. The minimum Gasteiger partial charge on any atom is -0.486 e. The number of fused-ring (bicyclic) bond motifs is 1. The number of aryl methyl sites for hydroxylation is 1. The third-order valence-electron chi connectivity index (χ3n) is 3.60. The lowest BCUT2D eigenvalue weighted by atomic mass is 10.0. The first-order valence-electron chi connectivity index (χ1n) is 7.60. The molecule has 1 aromatic heterocycles. The Bertz CT molecular complexity index is 778. The molecule has 0 saturated carbocycles. The van der Waals surface area contributed by atoms with E-state index in [-0.39, 0.29) is 2.85 Å². The Morgan fingerprint density at radius 2 is 2.35 bits per heavy atom. The zero-order valence-electron chi connectivity index (χ0n) is 13.4. The van der Waals surface area contributed by atoms with E-state index in [0.29, 0.717) is 18.3 Å². The Morgan fingerprint density at radius 3 is 3.13 bits per heavy atom. The highest BCUT2D eigenvalue weighted by atomic mass is 16.5. The number of allylic oxidation sites excluding steroid dienone is 3. The molecule has 1 aromatic carbocycles. The van der Waals surface area contributed by atoms with E-state index in [0.717, 1.165) is 34.8 Å². The van der Waals surface area contributed by atoms with Crippen molar-refractivity contribution in [3.63, 3.8) is 0 Å². The smallest absolute Gasteiger partial charge is 0.229 e. The van der Waals surface area contributed by atoms with Gasteiger partial charge in [0.05, 0.1) is 12.7 Å². The summed E-state index contributed by atoms with van der Waals surface area (Å²) in [7, 11) is 0. The second kappa shape index (κ2) is 6.52. The molecule has 122 valence electrons. The monoisotopic (exact) mass is 312 g/mol. The number of aromatic nitrogens is 2. The normalized spacial score (nSPS) is 13.1. The van der Waals surface area contributed by atoms with E-state index >= 15 is 0 Å². The van der Waals surface area contributed by atoms with Crippen molar-refractivity contribution in [2.75, 3.05) is 23.8 Å². The molecule has 1 aliphatic rings. The molecule has 0 amide bonds. The maximum atomic E-state index is 5.48. The maximum absolute atomic E-state index is 5.48. The van der Waals surface area contributed by atoms with Gasteiger partial charge in [0.1, 0.15) is 6.61 Å². The number of ether oxygens (including phenoxy) is 1. The number of hydrogen-bond acceptors (Lipinski definition) is 5. The lowest BCUT2D eigenvalue weighted by molar-refractivity contribution is 0.320. The van der Waals surface area contributed by atoms with Gasteiger partial charge < -0.3 is 15.4 Å². The van der Waals surface area contributed by atoms with Crippen molar-refractivity contribution >= 4 is 23.0 Å². The number of benzene rings is 1. The first-order valence-corrected chi connectivity index (χ1v) is 7.60. The highest BCUT2D eigenvalue weighted by molar-refractivity contribution is 5.75. The molecule has 0 unspecified atom stereocenters. The molecule has 0 fully saturated rings. The molecule has 23 heavy (non-hydrogen) atoms. The van der Waals surface area contributed by atoms with Crippen LogP contribution >= 0.6 is 0 Å². The minimum atomic E-state index is 0. The van der Waals surface area contributed by atoms with Crippen molar-refractivity contribution < 1.29 is 7.59 Å². The van der Waals surface area contributed by atoms with E-state index in [1.165, 1.54) is 0 Å². The maximum Gasteiger partial charge on any atom is 0.229 e. The third kappa shape index (κ3) is 3.34. The number of rotatable bonds is 4. The fourth-order valence-electron chi connectivity index (χ4n) is 2.52. The van der Waals surface area contributed by atoms with Crippen LogP contribution in [0.25, 0.3) is 5.57 Å². The highest BCUT2D eigenvalue weighted by Gasteiger charge is 2.12. The van der Waals surface area contributed by atoms with Crippen molar-refractivity contribution in [1.29, 1.82) is 0 Å². The van der Waals surface area contributed by atoms with Crippen LogP contribution in [0.5, 0.6) is 5.75 Å². The number of hydrogen-bond donors (Lipinski definition) is 2. The molecule has 1 aliphatic heterocycles. The van der Waals surface area contributed by atoms with Gasteiger partial charge in [-0.25, -0.2) is 4.98 Å². The largest absolute Gasteiger partial charge is 0.486 e. The van der Waals surface area contributed by atoms with Gasteiger partial charge in [-0.1, -0.05) is 24.8 Å². The summed E-state index contributed by atoms with van der Waals surface area (Å²) >= 11 is 0. The molecule has 5 heteroatoms. The molecule has 0 radical (unpaired) electrons. The summed E-state index contributed by atoms with van der Waals surface area (Å²) in [6, 6.07) is 6.13. The molecule has 3 rings (SSSR count). The van der Waals surface area contributed by atoms with Crippen molar-refractivity contribution in [3.8, 4) is 5.75 Å². The highest BCUT2D eigenvalue weighted by Crippen LogP contribution is 2.27. The van der Waals surface area contributed by atoms with Crippen LogP contribution in [-0.4, -0.2) is 23.1 Å². The quantitative estimate of drug-likeness (QED) is 0.819. The Morgan fingerprint density at radius 1 is 1.48 bits per heavy atom. The molecule has 0 saturated heterocycles. The van der Waals surface area contributed by atoms with E-state index in [4.69, 9.17) is 4.74 Å². The topological polar surface area (TPSA) is 59.1 Å². The average molecular weight is 312 g/mol. The molecule has 2 N–H and O–H groups in total. The van der Waals surface area contributed by atoms with Crippen LogP contribution in [0.15, 0.2) is 43.1 Å². The van der Waals surface area contributed by atoms with Gasteiger partial charge in [-0.2, -0.15) is 4.98 Å². The predicted molar refractivity (Wildman–Crippen MR) is 98.6 cm³/mol. The van der Waals surface area contributed by atoms with Crippen LogP contribution < -0.4 is 15.4 Å². The van der Waals surface area contributed by atoms with Gasteiger partial charge in [0, 0.05) is 8.54 Å². The number of nitrogens with zero attached hydrogens (tertiary/aromatic N) is 2. The van der Waals surface area contributed by atoms with E-state index in [1.807, 2.05) is 25.1 Å². The molecular formula is C18H24N4O. The first kappa shape index (κ1) is 15.1. The fraction of sp³-hybridized carbons (Fsp3) is 0.222. The fourth-order valence-corrected chi connectivity index (χ4v) is 2.52. The second-order valence-corrected chi connectivity index (χ2v) is 5.36. The lowest BCUT2D eigenvalue weighted by Crippen LogP contribution is -2.19. The first-order chi connectivity index (χ1) is 11.2. The van der Waals surface area contributed by atoms with Gasteiger partial charge in [0.2, 0.25) is 5.95 Å².